The summed E-state index contributed by atoms with van der Waals surface area (Å²) in [4.78, 5) is 13.2. The number of hydrogen-bond donors (Lipinski definition) is 2. The highest BCUT2D eigenvalue weighted by molar-refractivity contribution is 7.98. The third-order valence-electron chi connectivity index (χ3n) is 3.72. The second-order valence-corrected chi connectivity index (χ2v) is 6.13. The van der Waals surface area contributed by atoms with Crippen LogP contribution in [0.3, 0.4) is 0 Å². The lowest BCUT2D eigenvalue weighted by Gasteiger charge is -2.17. The quantitative estimate of drug-likeness (QED) is 0.823. The molecular formula is C14H20Cl2N2OS. The molecule has 0 radical (unpaired) electrons. The Bertz CT molecular complexity index is 470. The first kappa shape index (κ1) is 17.6. The number of benzene rings is 1. The Morgan fingerprint density at radius 1 is 1.50 bits per heavy atom. The zero-order chi connectivity index (χ0) is 13.8. The summed E-state index contributed by atoms with van der Waals surface area (Å²) in [6.45, 7) is 0.588. The first-order chi connectivity index (χ1) is 9.15. The van der Waals surface area contributed by atoms with Crippen LogP contribution in [-0.4, -0.2) is 18.7 Å². The Labute approximate surface area is 135 Å². The van der Waals surface area contributed by atoms with Crippen molar-refractivity contribution < 1.29 is 4.79 Å². The molecule has 1 aromatic carbocycles. The van der Waals surface area contributed by atoms with Crippen molar-refractivity contribution in [2.24, 2.45) is 17.6 Å². The van der Waals surface area contributed by atoms with E-state index in [1.807, 2.05) is 18.4 Å². The van der Waals surface area contributed by atoms with Gasteiger partial charge in [-0.05, 0) is 49.8 Å². The van der Waals surface area contributed by atoms with E-state index in [1.165, 1.54) is 0 Å². The summed E-state index contributed by atoms with van der Waals surface area (Å²) in [5.41, 5.74) is 6.47. The molecule has 0 spiro atoms. The minimum absolute atomic E-state index is 0. The van der Waals surface area contributed by atoms with Gasteiger partial charge in [0.25, 0.3) is 0 Å². The smallest absolute Gasteiger partial charge is 0.227 e. The molecule has 0 unspecified atom stereocenters. The highest BCUT2D eigenvalue weighted by atomic mass is 35.5. The van der Waals surface area contributed by atoms with Gasteiger partial charge in [0.15, 0.2) is 0 Å². The number of rotatable bonds is 4. The second kappa shape index (κ2) is 8.13. The number of hydrogen-bond acceptors (Lipinski definition) is 3. The van der Waals surface area contributed by atoms with Gasteiger partial charge in [0.1, 0.15) is 0 Å². The molecule has 0 saturated heterocycles. The average molecular weight is 335 g/mol. The van der Waals surface area contributed by atoms with Crippen LogP contribution >= 0.6 is 35.8 Å². The molecule has 0 aliphatic heterocycles. The molecule has 0 heterocycles. The molecule has 3 N–H and O–H groups in total. The summed E-state index contributed by atoms with van der Waals surface area (Å²) in [5, 5.41) is 3.63. The van der Waals surface area contributed by atoms with Crippen LogP contribution in [0.4, 0.5) is 5.69 Å². The number of carbonyl (C=O) groups excluding carboxylic acids is 1. The van der Waals surface area contributed by atoms with Crippen LogP contribution in [0.25, 0.3) is 0 Å². The van der Waals surface area contributed by atoms with Crippen molar-refractivity contribution in [3.05, 3.63) is 23.2 Å². The first-order valence-corrected chi connectivity index (χ1v) is 8.10. The van der Waals surface area contributed by atoms with E-state index in [4.69, 9.17) is 17.3 Å². The maximum absolute atomic E-state index is 12.2. The van der Waals surface area contributed by atoms with Crippen molar-refractivity contribution in [1.82, 2.24) is 0 Å². The number of carbonyl (C=O) groups is 1. The van der Waals surface area contributed by atoms with Gasteiger partial charge < -0.3 is 11.1 Å². The molecule has 1 aliphatic carbocycles. The number of nitrogens with two attached hydrogens (primary N) is 1. The number of thioether (sulfide) groups is 1. The maximum Gasteiger partial charge on any atom is 0.227 e. The number of halogens is 2. The highest BCUT2D eigenvalue weighted by Gasteiger charge is 2.31. The lowest BCUT2D eigenvalue weighted by Crippen LogP contribution is -2.29. The monoisotopic (exact) mass is 334 g/mol. The van der Waals surface area contributed by atoms with Crippen molar-refractivity contribution in [1.29, 1.82) is 0 Å². The molecule has 1 aliphatic rings. The Morgan fingerprint density at radius 2 is 2.25 bits per heavy atom. The van der Waals surface area contributed by atoms with Gasteiger partial charge in [-0.1, -0.05) is 18.0 Å². The summed E-state index contributed by atoms with van der Waals surface area (Å²) < 4.78 is 0. The zero-order valence-electron chi connectivity index (χ0n) is 11.4. The predicted molar refractivity (Wildman–Crippen MR) is 89.0 cm³/mol. The zero-order valence-corrected chi connectivity index (χ0v) is 13.8. The summed E-state index contributed by atoms with van der Waals surface area (Å²) in [6.07, 6.45) is 5.06. The molecule has 20 heavy (non-hydrogen) atoms. The van der Waals surface area contributed by atoms with Crippen molar-refractivity contribution in [2.75, 3.05) is 18.1 Å². The largest absolute Gasteiger partial charge is 0.330 e. The van der Waals surface area contributed by atoms with Gasteiger partial charge >= 0.3 is 0 Å². The molecule has 2 rings (SSSR count). The average Bonchev–Trinajstić information content (AvgIpc) is 2.87. The minimum Gasteiger partial charge on any atom is -0.330 e. The third kappa shape index (κ3) is 4.04. The Morgan fingerprint density at radius 3 is 2.85 bits per heavy atom. The molecule has 112 valence electrons. The van der Waals surface area contributed by atoms with E-state index in [9.17, 15) is 4.79 Å². The lowest BCUT2D eigenvalue weighted by molar-refractivity contribution is -0.120. The topological polar surface area (TPSA) is 55.1 Å². The van der Waals surface area contributed by atoms with Gasteiger partial charge in [0.2, 0.25) is 5.91 Å². The van der Waals surface area contributed by atoms with Gasteiger partial charge in [0, 0.05) is 16.5 Å². The molecule has 0 aromatic heterocycles. The second-order valence-electron chi connectivity index (χ2n) is 4.87. The lowest BCUT2D eigenvalue weighted by atomic mass is 9.95. The molecule has 3 nitrogen and oxygen atoms in total. The van der Waals surface area contributed by atoms with E-state index in [-0.39, 0.29) is 24.2 Å². The van der Waals surface area contributed by atoms with Gasteiger partial charge in [-0.3, -0.25) is 4.79 Å². The van der Waals surface area contributed by atoms with Crippen molar-refractivity contribution >= 4 is 47.4 Å². The number of amides is 1. The number of anilines is 1. The maximum atomic E-state index is 12.2. The SMILES string of the molecule is CSc1ccc(NC(=O)[C@@H]2CCC[C@@H]2CN)cc1Cl.Cl. The molecule has 0 bridgehead atoms. The highest BCUT2D eigenvalue weighted by Crippen LogP contribution is 2.33. The van der Waals surface area contributed by atoms with Crippen LogP contribution in [0.5, 0.6) is 0 Å². The Hall–Kier alpha value is -0.420. The van der Waals surface area contributed by atoms with E-state index in [0.29, 0.717) is 17.5 Å². The fourth-order valence-corrected chi connectivity index (χ4v) is 3.51. The predicted octanol–water partition coefficient (Wildman–Crippen LogP) is 3.80. The van der Waals surface area contributed by atoms with Crippen LogP contribution in [0.15, 0.2) is 23.1 Å². The summed E-state index contributed by atoms with van der Waals surface area (Å²) in [5.74, 6) is 0.436. The van der Waals surface area contributed by atoms with Crippen LogP contribution in [-0.2, 0) is 4.79 Å². The molecule has 1 aromatic rings. The number of nitrogens with one attached hydrogen (secondary N) is 1. The van der Waals surface area contributed by atoms with E-state index in [2.05, 4.69) is 5.32 Å². The van der Waals surface area contributed by atoms with Crippen molar-refractivity contribution in [2.45, 2.75) is 24.2 Å². The van der Waals surface area contributed by atoms with Gasteiger partial charge in [0.05, 0.1) is 5.02 Å². The van der Waals surface area contributed by atoms with E-state index in [1.54, 1.807) is 17.8 Å². The van der Waals surface area contributed by atoms with E-state index < -0.39 is 0 Å². The third-order valence-corrected chi connectivity index (χ3v) is 4.94. The molecular weight excluding hydrogens is 315 g/mol. The fourth-order valence-electron chi connectivity index (χ4n) is 2.64. The Balaban J connectivity index is 0.00000200. The van der Waals surface area contributed by atoms with Crippen LogP contribution in [0.2, 0.25) is 5.02 Å². The van der Waals surface area contributed by atoms with E-state index in [0.717, 1.165) is 29.8 Å². The normalized spacial score (nSPS) is 21.4. The molecule has 1 fully saturated rings. The molecule has 2 atom stereocenters. The van der Waals surface area contributed by atoms with Gasteiger partial charge in [-0.2, -0.15) is 0 Å². The minimum atomic E-state index is 0. The van der Waals surface area contributed by atoms with Gasteiger partial charge in [-0.15, -0.1) is 24.2 Å². The fraction of sp³-hybridized carbons (Fsp3) is 0.500. The van der Waals surface area contributed by atoms with E-state index >= 15 is 0 Å². The summed E-state index contributed by atoms with van der Waals surface area (Å²) in [7, 11) is 0. The standard InChI is InChI=1S/C14H19ClN2OS.ClH/c1-19-13-6-5-10(7-12(13)15)17-14(18)11-4-2-3-9(11)8-16;/h5-7,9,11H,2-4,8,16H2,1H3,(H,17,18);1H/t9-,11-;/m1./s1. The van der Waals surface area contributed by atoms with Crippen molar-refractivity contribution in [3.8, 4) is 0 Å². The molecule has 6 heteroatoms. The molecule has 1 saturated carbocycles. The van der Waals surface area contributed by atoms with Gasteiger partial charge in [-0.25, -0.2) is 0 Å². The Kier molecular flexibility index (Phi) is 7.17. The van der Waals surface area contributed by atoms with Crippen LogP contribution in [0, 0.1) is 11.8 Å². The van der Waals surface area contributed by atoms with Crippen molar-refractivity contribution in [3.63, 3.8) is 0 Å². The molecule has 1 amide bonds. The summed E-state index contributed by atoms with van der Waals surface area (Å²) >= 11 is 7.73. The first-order valence-electron chi connectivity index (χ1n) is 6.50. The summed E-state index contributed by atoms with van der Waals surface area (Å²) in [6, 6.07) is 5.62. The van der Waals surface area contributed by atoms with Crippen LogP contribution in [0.1, 0.15) is 19.3 Å². The van der Waals surface area contributed by atoms with Crippen LogP contribution < -0.4 is 11.1 Å².